The minimum atomic E-state index is -0.372. The van der Waals surface area contributed by atoms with E-state index in [0.29, 0.717) is 10.6 Å². The molecule has 1 aromatic rings. The number of carbonyl (C=O) groups excluding carboxylic acids is 1. The van der Waals surface area contributed by atoms with E-state index in [9.17, 15) is 4.79 Å². The summed E-state index contributed by atoms with van der Waals surface area (Å²) in [6.07, 6.45) is 0. The topological polar surface area (TPSA) is 55.1 Å². The molecule has 12 heavy (non-hydrogen) atoms. The lowest BCUT2D eigenvalue weighted by molar-refractivity contribution is 0.0953. The van der Waals surface area contributed by atoms with Gasteiger partial charge >= 0.3 is 0 Å². The quantitative estimate of drug-likeness (QED) is 0.392. The molecule has 0 saturated carbocycles. The van der Waals surface area contributed by atoms with Crippen molar-refractivity contribution in [1.82, 2.24) is 5.43 Å². The number of amides is 1. The summed E-state index contributed by atoms with van der Waals surface area (Å²) in [5, 5.41) is 0.406. The Labute approximate surface area is 75.5 Å². The molecule has 0 aliphatic carbocycles. The highest BCUT2D eigenvalue weighted by atomic mass is 35.5. The van der Waals surface area contributed by atoms with Crippen LogP contribution in [0.1, 0.15) is 15.9 Å². The van der Waals surface area contributed by atoms with Gasteiger partial charge in [0.1, 0.15) is 0 Å². The van der Waals surface area contributed by atoms with Crippen molar-refractivity contribution in [2.75, 3.05) is 0 Å². The molecule has 4 heteroatoms. The second-order valence-electron chi connectivity index (χ2n) is 2.46. The van der Waals surface area contributed by atoms with Crippen molar-refractivity contribution >= 4 is 17.5 Å². The molecule has 1 rings (SSSR count). The molecule has 0 fully saturated rings. The van der Waals surface area contributed by atoms with E-state index in [2.05, 4.69) is 0 Å². The molecule has 3 N–H and O–H groups in total. The molecule has 0 saturated heterocycles. The minimum Gasteiger partial charge on any atom is -0.290 e. The molecule has 1 amide bonds. The van der Waals surface area contributed by atoms with Crippen LogP contribution in [-0.4, -0.2) is 5.91 Å². The standard InChI is InChI=1S/C8H9ClN2O/c1-5-2-3-7(9)6(4-5)8(12)11-10/h2-4H,10H2,1H3,(H,11,12). The van der Waals surface area contributed by atoms with E-state index in [1.54, 1.807) is 12.1 Å². The Morgan fingerprint density at radius 2 is 2.25 bits per heavy atom. The van der Waals surface area contributed by atoms with Crippen LogP contribution in [0, 0.1) is 6.92 Å². The van der Waals surface area contributed by atoms with Crippen LogP contribution in [0.25, 0.3) is 0 Å². The summed E-state index contributed by atoms with van der Waals surface area (Å²) >= 11 is 5.75. The molecule has 0 bridgehead atoms. The van der Waals surface area contributed by atoms with Crippen molar-refractivity contribution in [3.63, 3.8) is 0 Å². The van der Waals surface area contributed by atoms with Crippen LogP contribution in [0.15, 0.2) is 18.2 Å². The van der Waals surface area contributed by atoms with Gasteiger partial charge in [-0.2, -0.15) is 0 Å². The first-order valence-electron chi connectivity index (χ1n) is 3.42. The van der Waals surface area contributed by atoms with Crippen molar-refractivity contribution in [3.8, 4) is 0 Å². The van der Waals surface area contributed by atoms with Gasteiger partial charge in [-0.15, -0.1) is 0 Å². The lowest BCUT2D eigenvalue weighted by atomic mass is 10.1. The first kappa shape index (κ1) is 9.03. The molecule has 0 unspecified atom stereocenters. The Balaban J connectivity index is 3.13. The average molecular weight is 185 g/mol. The van der Waals surface area contributed by atoms with Gasteiger partial charge in [0, 0.05) is 0 Å². The minimum absolute atomic E-state index is 0.372. The zero-order valence-electron chi connectivity index (χ0n) is 6.60. The van der Waals surface area contributed by atoms with Crippen molar-refractivity contribution in [2.45, 2.75) is 6.92 Å². The average Bonchev–Trinajstić information content (AvgIpc) is 2.08. The molecule has 64 valence electrons. The van der Waals surface area contributed by atoms with Gasteiger partial charge in [0.2, 0.25) is 0 Å². The summed E-state index contributed by atoms with van der Waals surface area (Å²) in [5.74, 6) is 4.59. The van der Waals surface area contributed by atoms with Crippen molar-refractivity contribution < 1.29 is 4.79 Å². The number of nitrogens with one attached hydrogen (secondary N) is 1. The predicted molar refractivity (Wildman–Crippen MR) is 47.8 cm³/mol. The highest BCUT2D eigenvalue weighted by molar-refractivity contribution is 6.33. The summed E-state index contributed by atoms with van der Waals surface area (Å²) < 4.78 is 0. The van der Waals surface area contributed by atoms with Gasteiger partial charge in [0.25, 0.3) is 5.91 Å². The smallest absolute Gasteiger partial charge is 0.266 e. The Kier molecular flexibility index (Phi) is 2.68. The third-order valence-corrected chi connectivity index (χ3v) is 1.83. The highest BCUT2D eigenvalue weighted by Gasteiger charge is 2.07. The van der Waals surface area contributed by atoms with E-state index in [1.165, 1.54) is 0 Å². The molecular formula is C8H9ClN2O. The lowest BCUT2D eigenvalue weighted by Gasteiger charge is -2.02. The van der Waals surface area contributed by atoms with Crippen molar-refractivity contribution in [2.24, 2.45) is 5.84 Å². The second-order valence-corrected chi connectivity index (χ2v) is 2.86. The molecule has 0 aliphatic heterocycles. The number of nitrogens with two attached hydrogens (primary N) is 1. The fourth-order valence-electron chi connectivity index (χ4n) is 0.891. The molecular weight excluding hydrogens is 176 g/mol. The maximum atomic E-state index is 11.1. The summed E-state index contributed by atoms with van der Waals surface area (Å²) in [6.45, 7) is 1.88. The number of aryl methyl sites for hydroxylation is 1. The van der Waals surface area contributed by atoms with Gasteiger partial charge in [-0.25, -0.2) is 5.84 Å². The molecule has 0 heterocycles. The SMILES string of the molecule is Cc1ccc(Cl)c(C(=O)NN)c1. The molecule has 1 aromatic carbocycles. The first-order valence-corrected chi connectivity index (χ1v) is 3.80. The third-order valence-electron chi connectivity index (χ3n) is 1.50. The van der Waals surface area contributed by atoms with Crippen molar-refractivity contribution in [3.05, 3.63) is 34.3 Å². The van der Waals surface area contributed by atoms with Crippen LogP contribution in [0.4, 0.5) is 0 Å². The zero-order chi connectivity index (χ0) is 9.14. The lowest BCUT2D eigenvalue weighted by Crippen LogP contribution is -2.30. The van der Waals surface area contributed by atoms with E-state index < -0.39 is 0 Å². The molecule has 0 spiro atoms. The fourth-order valence-corrected chi connectivity index (χ4v) is 1.09. The molecule has 0 radical (unpaired) electrons. The summed E-state index contributed by atoms with van der Waals surface area (Å²) in [5.41, 5.74) is 3.40. The van der Waals surface area contributed by atoms with Gasteiger partial charge < -0.3 is 0 Å². The maximum Gasteiger partial charge on any atom is 0.266 e. The van der Waals surface area contributed by atoms with Crippen LogP contribution < -0.4 is 11.3 Å². The number of carbonyl (C=O) groups is 1. The zero-order valence-corrected chi connectivity index (χ0v) is 7.35. The van der Waals surface area contributed by atoms with Gasteiger partial charge in [-0.3, -0.25) is 10.2 Å². The van der Waals surface area contributed by atoms with E-state index in [-0.39, 0.29) is 5.91 Å². The summed E-state index contributed by atoms with van der Waals surface area (Å²) in [6, 6.07) is 5.18. The van der Waals surface area contributed by atoms with Gasteiger partial charge in [0.15, 0.2) is 0 Å². The van der Waals surface area contributed by atoms with E-state index in [1.807, 2.05) is 18.4 Å². The predicted octanol–water partition coefficient (Wildman–Crippen LogP) is 1.25. The molecule has 0 atom stereocenters. The summed E-state index contributed by atoms with van der Waals surface area (Å²) in [7, 11) is 0. The molecule has 0 aromatic heterocycles. The monoisotopic (exact) mass is 184 g/mol. The fraction of sp³-hybridized carbons (Fsp3) is 0.125. The number of benzene rings is 1. The molecule has 3 nitrogen and oxygen atoms in total. The number of halogens is 1. The van der Waals surface area contributed by atoms with Crippen LogP contribution in [0.2, 0.25) is 5.02 Å². The second kappa shape index (κ2) is 3.56. The molecule has 0 aliphatic rings. The van der Waals surface area contributed by atoms with Crippen LogP contribution in [0.3, 0.4) is 0 Å². The summed E-state index contributed by atoms with van der Waals surface area (Å²) in [4.78, 5) is 11.1. The highest BCUT2D eigenvalue weighted by Crippen LogP contribution is 2.16. The van der Waals surface area contributed by atoms with Crippen LogP contribution in [-0.2, 0) is 0 Å². The van der Waals surface area contributed by atoms with Crippen molar-refractivity contribution in [1.29, 1.82) is 0 Å². The largest absolute Gasteiger partial charge is 0.290 e. The Hall–Kier alpha value is -1.06. The Bertz CT molecular complexity index is 312. The number of hydrazine groups is 1. The van der Waals surface area contributed by atoms with E-state index in [4.69, 9.17) is 17.4 Å². The number of hydrogen-bond donors (Lipinski definition) is 2. The van der Waals surface area contributed by atoms with Crippen LogP contribution in [0.5, 0.6) is 0 Å². The maximum absolute atomic E-state index is 11.1. The number of nitrogen functional groups attached to an aromatic ring is 1. The normalized spacial score (nSPS) is 9.58. The number of hydrogen-bond acceptors (Lipinski definition) is 2. The Morgan fingerprint density at radius 3 is 2.83 bits per heavy atom. The van der Waals surface area contributed by atoms with Gasteiger partial charge in [-0.05, 0) is 19.1 Å². The number of rotatable bonds is 1. The van der Waals surface area contributed by atoms with E-state index in [0.717, 1.165) is 5.56 Å². The van der Waals surface area contributed by atoms with Gasteiger partial charge in [-0.1, -0.05) is 23.2 Å². The third kappa shape index (κ3) is 1.75. The first-order chi connectivity index (χ1) is 5.65. The van der Waals surface area contributed by atoms with E-state index >= 15 is 0 Å². The Morgan fingerprint density at radius 1 is 1.58 bits per heavy atom. The van der Waals surface area contributed by atoms with Crippen LogP contribution >= 0.6 is 11.6 Å². The van der Waals surface area contributed by atoms with Gasteiger partial charge in [0.05, 0.1) is 10.6 Å².